The van der Waals surface area contributed by atoms with E-state index >= 15 is 0 Å². The van der Waals surface area contributed by atoms with Crippen LogP contribution >= 0.6 is 0 Å². The Morgan fingerprint density at radius 2 is 2.32 bits per heavy atom. The van der Waals surface area contributed by atoms with Gasteiger partial charge in [0.05, 0.1) is 12.6 Å². The van der Waals surface area contributed by atoms with Crippen molar-refractivity contribution in [2.24, 2.45) is 0 Å². The lowest BCUT2D eigenvalue weighted by molar-refractivity contribution is 0.0828. The van der Waals surface area contributed by atoms with Gasteiger partial charge in [-0.15, -0.1) is 0 Å². The normalized spacial score (nSPS) is 19.6. The summed E-state index contributed by atoms with van der Waals surface area (Å²) in [6.45, 7) is 3.23. The predicted octanol–water partition coefficient (Wildman–Crippen LogP) is 2.15. The minimum atomic E-state index is -0.448. The van der Waals surface area contributed by atoms with Crippen molar-refractivity contribution in [2.45, 2.75) is 38.4 Å². The SMILES string of the molecule is CC[C@@H](CNC(=O)N1CCC[C@@H](O)C1)Oc1ccccc1F. The summed E-state index contributed by atoms with van der Waals surface area (Å²) in [4.78, 5) is 13.7. The number of rotatable bonds is 5. The summed E-state index contributed by atoms with van der Waals surface area (Å²) in [6, 6.07) is 6.01. The van der Waals surface area contributed by atoms with Crippen molar-refractivity contribution in [2.75, 3.05) is 19.6 Å². The fourth-order valence-corrected chi connectivity index (χ4v) is 2.44. The number of amides is 2. The summed E-state index contributed by atoms with van der Waals surface area (Å²) in [5, 5.41) is 12.4. The molecule has 2 amide bonds. The second-order valence-electron chi connectivity index (χ2n) is 5.51. The van der Waals surface area contributed by atoms with Crippen molar-refractivity contribution in [1.29, 1.82) is 0 Å². The summed E-state index contributed by atoms with van der Waals surface area (Å²) >= 11 is 0. The Balaban J connectivity index is 1.83. The van der Waals surface area contributed by atoms with E-state index in [1.165, 1.54) is 6.07 Å². The van der Waals surface area contributed by atoms with Gasteiger partial charge < -0.3 is 20.1 Å². The first kappa shape index (κ1) is 16.5. The number of piperidine rings is 1. The van der Waals surface area contributed by atoms with Crippen LogP contribution in [0.1, 0.15) is 26.2 Å². The Bertz CT molecular complexity index is 498. The molecule has 0 aromatic heterocycles. The van der Waals surface area contributed by atoms with Gasteiger partial charge in [-0.1, -0.05) is 19.1 Å². The molecule has 1 heterocycles. The molecule has 1 aromatic carbocycles. The van der Waals surface area contributed by atoms with Crippen LogP contribution in [-0.4, -0.2) is 47.9 Å². The van der Waals surface area contributed by atoms with E-state index in [9.17, 15) is 14.3 Å². The van der Waals surface area contributed by atoms with Gasteiger partial charge in [-0.25, -0.2) is 9.18 Å². The first-order chi connectivity index (χ1) is 10.6. The first-order valence-electron chi connectivity index (χ1n) is 7.72. The topological polar surface area (TPSA) is 61.8 Å². The molecule has 0 unspecified atom stereocenters. The number of aliphatic hydroxyl groups is 1. The van der Waals surface area contributed by atoms with Crippen molar-refractivity contribution in [1.82, 2.24) is 10.2 Å². The molecule has 1 saturated heterocycles. The number of hydrogen-bond donors (Lipinski definition) is 2. The van der Waals surface area contributed by atoms with E-state index in [4.69, 9.17) is 4.74 Å². The molecule has 0 radical (unpaired) electrons. The Morgan fingerprint density at radius 3 is 3.00 bits per heavy atom. The lowest BCUT2D eigenvalue weighted by Crippen LogP contribution is -2.49. The fraction of sp³-hybridized carbons (Fsp3) is 0.562. The molecule has 0 spiro atoms. The molecule has 5 nitrogen and oxygen atoms in total. The minimum absolute atomic E-state index is 0.192. The number of benzene rings is 1. The second kappa shape index (κ2) is 7.98. The van der Waals surface area contributed by atoms with E-state index < -0.39 is 11.9 Å². The van der Waals surface area contributed by atoms with Crippen molar-refractivity contribution < 1.29 is 19.0 Å². The van der Waals surface area contributed by atoms with E-state index in [-0.39, 0.29) is 17.9 Å². The molecule has 0 aliphatic carbocycles. The van der Waals surface area contributed by atoms with Crippen LogP contribution in [0, 0.1) is 5.82 Å². The quantitative estimate of drug-likeness (QED) is 0.876. The smallest absolute Gasteiger partial charge is 0.317 e. The number of carbonyl (C=O) groups excluding carboxylic acids is 1. The molecule has 1 fully saturated rings. The minimum Gasteiger partial charge on any atom is -0.486 e. The van der Waals surface area contributed by atoms with Crippen LogP contribution in [-0.2, 0) is 0 Å². The third-order valence-corrected chi connectivity index (χ3v) is 3.75. The molecule has 0 saturated carbocycles. The number of nitrogens with zero attached hydrogens (tertiary/aromatic N) is 1. The molecule has 1 aliphatic heterocycles. The Morgan fingerprint density at radius 1 is 1.55 bits per heavy atom. The Hall–Kier alpha value is -1.82. The fourth-order valence-electron chi connectivity index (χ4n) is 2.44. The zero-order valence-electron chi connectivity index (χ0n) is 12.8. The molecule has 2 rings (SSSR count). The maximum absolute atomic E-state index is 13.6. The summed E-state index contributed by atoms with van der Waals surface area (Å²) in [7, 11) is 0. The van der Waals surface area contributed by atoms with E-state index in [1.54, 1.807) is 23.1 Å². The van der Waals surface area contributed by atoms with Gasteiger partial charge in [0.1, 0.15) is 6.10 Å². The molecule has 122 valence electrons. The van der Waals surface area contributed by atoms with Crippen LogP contribution in [0.4, 0.5) is 9.18 Å². The average molecular weight is 310 g/mol. The largest absolute Gasteiger partial charge is 0.486 e. The number of nitrogens with one attached hydrogen (secondary N) is 1. The van der Waals surface area contributed by atoms with E-state index in [0.29, 0.717) is 26.1 Å². The highest BCUT2D eigenvalue weighted by Crippen LogP contribution is 2.18. The van der Waals surface area contributed by atoms with Gasteiger partial charge >= 0.3 is 6.03 Å². The molecule has 0 bridgehead atoms. The molecule has 2 N–H and O–H groups in total. The van der Waals surface area contributed by atoms with E-state index in [0.717, 1.165) is 12.8 Å². The number of likely N-dealkylation sites (tertiary alicyclic amines) is 1. The van der Waals surface area contributed by atoms with Gasteiger partial charge in [0.2, 0.25) is 0 Å². The number of carbonyl (C=O) groups is 1. The zero-order valence-corrected chi connectivity index (χ0v) is 12.8. The standard InChI is InChI=1S/C16H23FN2O3/c1-2-13(22-15-8-4-3-7-14(15)17)10-18-16(21)19-9-5-6-12(20)11-19/h3-4,7-8,12-13,20H,2,5-6,9-11H2,1H3,(H,18,21)/t12-,13+/m1/s1. The van der Waals surface area contributed by atoms with Gasteiger partial charge in [0.25, 0.3) is 0 Å². The van der Waals surface area contributed by atoms with Crippen LogP contribution in [0.2, 0.25) is 0 Å². The van der Waals surface area contributed by atoms with Crippen LogP contribution in [0.3, 0.4) is 0 Å². The van der Waals surface area contributed by atoms with Gasteiger partial charge in [-0.05, 0) is 31.4 Å². The molecule has 2 atom stereocenters. The lowest BCUT2D eigenvalue weighted by atomic mass is 10.1. The van der Waals surface area contributed by atoms with Crippen LogP contribution in [0.25, 0.3) is 0 Å². The number of halogens is 1. The zero-order chi connectivity index (χ0) is 15.9. The van der Waals surface area contributed by atoms with Gasteiger partial charge in [0.15, 0.2) is 11.6 Å². The van der Waals surface area contributed by atoms with E-state index in [1.807, 2.05) is 6.92 Å². The van der Waals surface area contributed by atoms with Gasteiger partial charge in [-0.3, -0.25) is 0 Å². The van der Waals surface area contributed by atoms with Crippen molar-refractivity contribution in [3.8, 4) is 5.75 Å². The molecule has 6 heteroatoms. The summed E-state index contributed by atoms with van der Waals surface area (Å²) < 4.78 is 19.2. The average Bonchev–Trinajstić information content (AvgIpc) is 2.52. The molecular weight excluding hydrogens is 287 g/mol. The molecular formula is C16H23FN2O3. The Kier molecular flexibility index (Phi) is 6.00. The van der Waals surface area contributed by atoms with Gasteiger partial charge in [0, 0.05) is 13.1 Å². The van der Waals surface area contributed by atoms with E-state index in [2.05, 4.69) is 5.32 Å². The second-order valence-corrected chi connectivity index (χ2v) is 5.51. The predicted molar refractivity (Wildman–Crippen MR) is 81.3 cm³/mol. The maximum Gasteiger partial charge on any atom is 0.317 e. The third-order valence-electron chi connectivity index (χ3n) is 3.75. The van der Waals surface area contributed by atoms with Crippen LogP contribution in [0.5, 0.6) is 5.75 Å². The molecule has 1 aromatic rings. The lowest BCUT2D eigenvalue weighted by Gasteiger charge is -2.30. The molecule has 22 heavy (non-hydrogen) atoms. The number of urea groups is 1. The maximum atomic E-state index is 13.6. The first-order valence-corrected chi connectivity index (χ1v) is 7.72. The summed E-state index contributed by atoms with van der Waals surface area (Å²) in [6.07, 6.45) is 1.44. The van der Waals surface area contributed by atoms with Crippen LogP contribution < -0.4 is 10.1 Å². The highest BCUT2D eigenvalue weighted by atomic mass is 19.1. The number of ether oxygens (including phenoxy) is 1. The summed E-state index contributed by atoms with van der Waals surface area (Å²) in [5.41, 5.74) is 0. The highest BCUT2D eigenvalue weighted by Gasteiger charge is 2.22. The van der Waals surface area contributed by atoms with Crippen LogP contribution in [0.15, 0.2) is 24.3 Å². The highest BCUT2D eigenvalue weighted by molar-refractivity contribution is 5.74. The van der Waals surface area contributed by atoms with Crippen molar-refractivity contribution in [3.63, 3.8) is 0 Å². The van der Waals surface area contributed by atoms with Crippen molar-refractivity contribution >= 4 is 6.03 Å². The number of hydrogen-bond acceptors (Lipinski definition) is 3. The van der Waals surface area contributed by atoms with Crippen molar-refractivity contribution in [3.05, 3.63) is 30.1 Å². The summed E-state index contributed by atoms with van der Waals surface area (Å²) in [5.74, 6) is -0.219. The number of β-amino-alcohol motifs (C(OH)–C–C–N with tert-alkyl or cyclic N) is 1. The number of aliphatic hydroxyl groups excluding tert-OH is 1. The van der Waals surface area contributed by atoms with Gasteiger partial charge in [-0.2, -0.15) is 0 Å². The Labute approximate surface area is 130 Å². The molecule has 1 aliphatic rings. The third kappa shape index (κ3) is 4.59. The number of para-hydroxylation sites is 1. The monoisotopic (exact) mass is 310 g/mol.